The van der Waals surface area contributed by atoms with Crippen LogP contribution in [0.15, 0.2) is 106 Å². The topological polar surface area (TPSA) is 118 Å². The Kier molecular flexibility index (Phi) is 5.08. The first-order valence-electron chi connectivity index (χ1n) is 10.1. The molecule has 0 radical (unpaired) electrons. The summed E-state index contributed by atoms with van der Waals surface area (Å²) in [5.41, 5.74) is 8.88. The molecule has 0 spiro atoms. The minimum atomic E-state index is -4.48. The molecular formula is C25H18N4O3S. The molecule has 5 rings (SSSR count). The van der Waals surface area contributed by atoms with Crippen LogP contribution in [0.4, 0.5) is 17.1 Å². The van der Waals surface area contributed by atoms with Crippen molar-refractivity contribution in [2.45, 2.75) is 4.90 Å². The molecule has 0 unspecified atom stereocenters. The molecule has 0 bridgehead atoms. The maximum Gasteiger partial charge on any atom is 0.295 e. The number of fused-ring (bicyclic) bond motifs is 2. The van der Waals surface area contributed by atoms with Crippen LogP contribution in [-0.2, 0) is 10.1 Å². The van der Waals surface area contributed by atoms with Crippen LogP contribution in [0.25, 0.3) is 32.8 Å². The Hall–Kier alpha value is -4.14. The molecule has 3 N–H and O–H groups in total. The molecule has 0 amide bonds. The van der Waals surface area contributed by atoms with Crippen LogP contribution < -0.4 is 5.73 Å². The van der Waals surface area contributed by atoms with Crippen LogP contribution in [0.1, 0.15) is 0 Å². The van der Waals surface area contributed by atoms with Crippen molar-refractivity contribution in [3.63, 3.8) is 0 Å². The van der Waals surface area contributed by atoms with Crippen LogP contribution in [-0.4, -0.2) is 18.0 Å². The second-order valence-electron chi connectivity index (χ2n) is 7.46. The summed E-state index contributed by atoms with van der Waals surface area (Å²) >= 11 is 0. The highest BCUT2D eigenvalue weighted by Crippen LogP contribution is 2.37. The second-order valence-corrected chi connectivity index (χ2v) is 8.85. The molecule has 162 valence electrons. The maximum atomic E-state index is 11.9. The zero-order chi connectivity index (χ0) is 23.0. The molecule has 0 aliphatic heterocycles. The molecular weight excluding hydrogens is 436 g/mol. The monoisotopic (exact) mass is 454 g/mol. The van der Waals surface area contributed by atoms with Crippen molar-refractivity contribution in [3.05, 3.63) is 91.1 Å². The van der Waals surface area contributed by atoms with E-state index in [-0.39, 0.29) is 16.3 Å². The highest BCUT2D eigenvalue weighted by Gasteiger charge is 2.18. The van der Waals surface area contributed by atoms with Crippen LogP contribution >= 0.6 is 0 Å². The van der Waals surface area contributed by atoms with Gasteiger partial charge in [0.15, 0.2) is 0 Å². The second kappa shape index (κ2) is 8.09. The molecule has 33 heavy (non-hydrogen) atoms. The Bertz CT molecular complexity index is 1640. The van der Waals surface area contributed by atoms with Gasteiger partial charge in [0, 0.05) is 16.3 Å². The molecule has 4 aromatic carbocycles. The predicted molar refractivity (Wildman–Crippen MR) is 130 cm³/mol. The maximum absolute atomic E-state index is 11.9. The van der Waals surface area contributed by atoms with Gasteiger partial charge in [0.2, 0.25) is 0 Å². The molecule has 0 saturated carbocycles. The van der Waals surface area contributed by atoms with Crippen molar-refractivity contribution in [1.29, 1.82) is 0 Å². The number of rotatable bonds is 4. The Labute approximate surface area is 190 Å². The molecule has 1 aromatic heterocycles. The number of anilines is 1. The van der Waals surface area contributed by atoms with E-state index in [2.05, 4.69) is 33.4 Å². The van der Waals surface area contributed by atoms with Crippen molar-refractivity contribution in [2.24, 2.45) is 10.2 Å². The van der Waals surface area contributed by atoms with Crippen LogP contribution in [0.5, 0.6) is 0 Å². The fraction of sp³-hybridized carbons (Fsp3) is 0. The third-order valence-corrected chi connectivity index (χ3v) is 6.28. The average Bonchev–Trinajstić information content (AvgIpc) is 2.83. The van der Waals surface area contributed by atoms with Gasteiger partial charge in [-0.2, -0.15) is 8.42 Å². The van der Waals surface area contributed by atoms with Crippen molar-refractivity contribution in [3.8, 4) is 11.3 Å². The molecule has 0 fully saturated rings. The lowest BCUT2D eigenvalue weighted by atomic mass is 10.0. The summed E-state index contributed by atoms with van der Waals surface area (Å²) in [6, 6.07) is 25.6. The van der Waals surface area contributed by atoms with Crippen molar-refractivity contribution >= 4 is 48.7 Å². The van der Waals surface area contributed by atoms with Gasteiger partial charge in [-0.3, -0.25) is 9.54 Å². The van der Waals surface area contributed by atoms with E-state index in [1.54, 1.807) is 36.5 Å². The number of hydrogen-bond donors (Lipinski definition) is 2. The highest BCUT2D eigenvalue weighted by molar-refractivity contribution is 7.86. The smallest absolute Gasteiger partial charge is 0.295 e. The van der Waals surface area contributed by atoms with Gasteiger partial charge in [-0.1, -0.05) is 66.7 Å². The molecule has 7 nitrogen and oxygen atoms in total. The van der Waals surface area contributed by atoms with E-state index >= 15 is 0 Å². The Morgan fingerprint density at radius 3 is 2.21 bits per heavy atom. The first-order chi connectivity index (χ1) is 15.9. The Morgan fingerprint density at radius 1 is 0.788 bits per heavy atom. The summed E-state index contributed by atoms with van der Waals surface area (Å²) in [6.45, 7) is 0. The van der Waals surface area contributed by atoms with Crippen molar-refractivity contribution in [1.82, 2.24) is 4.98 Å². The summed E-state index contributed by atoms with van der Waals surface area (Å²) in [5, 5.41) is 11.3. The first-order valence-corrected chi connectivity index (χ1v) is 11.5. The van der Waals surface area contributed by atoms with E-state index < -0.39 is 10.1 Å². The molecule has 1 heterocycles. The van der Waals surface area contributed by atoms with Crippen molar-refractivity contribution < 1.29 is 13.0 Å². The van der Waals surface area contributed by atoms with E-state index in [9.17, 15) is 13.0 Å². The zero-order valence-corrected chi connectivity index (χ0v) is 18.1. The SMILES string of the molecule is Nc1c(/N=N/c2ccc(-c3cccc4ccccc34)nc2)cc(S(=O)(=O)O)c2ccccc12. The number of pyridine rings is 1. The van der Waals surface area contributed by atoms with E-state index in [0.717, 1.165) is 22.0 Å². The van der Waals surface area contributed by atoms with E-state index in [1.165, 1.54) is 6.07 Å². The minimum absolute atomic E-state index is 0.138. The summed E-state index contributed by atoms with van der Waals surface area (Å²) < 4.78 is 33.4. The molecule has 5 aromatic rings. The molecule has 0 atom stereocenters. The number of benzene rings is 4. The molecule has 8 heteroatoms. The van der Waals surface area contributed by atoms with Crippen molar-refractivity contribution in [2.75, 3.05) is 5.73 Å². The number of nitrogens with zero attached hydrogens (tertiary/aromatic N) is 3. The summed E-state index contributed by atoms with van der Waals surface area (Å²) in [5.74, 6) is 0. The van der Waals surface area contributed by atoms with Gasteiger partial charge < -0.3 is 5.73 Å². The molecule has 0 aliphatic carbocycles. The third kappa shape index (κ3) is 3.93. The summed E-state index contributed by atoms with van der Waals surface area (Å²) in [6.07, 6.45) is 1.58. The molecule has 0 aliphatic rings. The fourth-order valence-corrected chi connectivity index (χ4v) is 4.53. The van der Waals surface area contributed by atoms with Crippen LogP contribution in [0.2, 0.25) is 0 Å². The quantitative estimate of drug-likeness (QED) is 0.188. The van der Waals surface area contributed by atoms with Gasteiger partial charge in [-0.25, -0.2) is 0 Å². The standard InChI is InChI=1S/C25H18N4O3S/c26-25-21-10-4-3-9-20(21)24(33(30,31)32)14-23(25)29-28-17-12-13-22(27-15-17)19-11-5-7-16-6-1-2-8-18(16)19/h1-15H,26H2,(H,30,31,32)/b29-28+. The average molecular weight is 455 g/mol. The largest absolute Gasteiger partial charge is 0.396 e. The normalized spacial score (nSPS) is 12.0. The van der Waals surface area contributed by atoms with Gasteiger partial charge in [-0.05, 0) is 29.0 Å². The number of azo groups is 1. The number of aromatic nitrogens is 1. The predicted octanol–water partition coefficient (Wildman–Crippen LogP) is 6.30. The number of nitrogen functional groups attached to an aromatic ring is 1. The Morgan fingerprint density at radius 2 is 1.48 bits per heavy atom. The lowest BCUT2D eigenvalue weighted by molar-refractivity contribution is 0.484. The van der Waals surface area contributed by atoms with Gasteiger partial charge in [0.05, 0.1) is 17.6 Å². The van der Waals surface area contributed by atoms with Gasteiger partial charge in [-0.15, -0.1) is 10.2 Å². The van der Waals surface area contributed by atoms with Gasteiger partial charge in [0.25, 0.3) is 10.1 Å². The molecule has 0 saturated heterocycles. The van der Waals surface area contributed by atoms with E-state index in [0.29, 0.717) is 16.5 Å². The first kappa shape index (κ1) is 20.7. The zero-order valence-electron chi connectivity index (χ0n) is 17.3. The summed E-state index contributed by atoms with van der Waals surface area (Å²) in [4.78, 5) is 4.25. The number of hydrogen-bond acceptors (Lipinski definition) is 6. The minimum Gasteiger partial charge on any atom is -0.396 e. The van der Waals surface area contributed by atoms with Crippen LogP contribution in [0, 0.1) is 0 Å². The summed E-state index contributed by atoms with van der Waals surface area (Å²) in [7, 11) is -4.48. The highest BCUT2D eigenvalue weighted by atomic mass is 32.2. The lowest BCUT2D eigenvalue weighted by Crippen LogP contribution is -2.01. The number of nitrogens with two attached hydrogens (primary N) is 1. The Balaban J connectivity index is 1.52. The van der Waals surface area contributed by atoms with E-state index in [1.807, 2.05) is 30.3 Å². The van der Waals surface area contributed by atoms with Gasteiger partial charge >= 0.3 is 0 Å². The van der Waals surface area contributed by atoms with E-state index in [4.69, 9.17) is 5.73 Å². The lowest BCUT2D eigenvalue weighted by Gasteiger charge is -2.09. The van der Waals surface area contributed by atoms with Crippen LogP contribution in [0.3, 0.4) is 0 Å². The van der Waals surface area contributed by atoms with Gasteiger partial charge in [0.1, 0.15) is 16.3 Å². The fourth-order valence-electron chi connectivity index (χ4n) is 3.81. The third-order valence-electron chi connectivity index (χ3n) is 5.39.